The van der Waals surface area contributed by atoms with Crippen LogP contribution in [0.25, 0.3) is 0 Å². The van der Waals surface area contributed by atoms with Crippen LogP contribution < -0.4 is 80.4 Å². The first-order valence-corrected chi connectivity index (χ1v) is 13.4. The van der Waals surface area contributed by atoms with E-state index in [-0.39, 0.29) is 79.7 Å². The summed E-state index contributed by atoms with van der Waals surface area (Å²) in [6, 6.07) is 17.0. The molecule has 3 rings (SSSR count). The van der Waals surface area contributed by atoms with E-state index in [9.17, 15) is 0 Å². The quantitative estimate of drug-likeness (QED) is 0.268. The minimum atomic E-state index is -0.279. The molecular weight excluding hydrogens is 581 g/mol. The molecule has 0 unspecified atom stereocenters. The molecule has 188 valence electrons. The summed E-state index contributed by atoms with van der Waals surface area (Å²) in [5.41, 5.74) is 23.5. The van der Waals surface area contributed by atoms with Gasteiger partial charge in [-0.15, -0.1) is 11.1 Å². The summed E-state index contributed by atoms with van der Waals surface area (Å²) in [7, 11) is 0. The summed E-state index contributed by atoms with van der Waals surface area (Å²) in [5, 5.41) is 0.795. The third kappa shape index (κ3) is 5.93. The van der Waals surface area contributed by atoms with Gasteiger partial charge in [0.1, 0.15) is 0 Å². The molecule has 0 radical (unpaired) electrons. The zero-order chi connectivity index (χ0) is 26.1. The van der Waals surface area contributed by atoms with E-state index < -0.39 is 0 Å². The Morgan fingerprint density at radius 1 is 0.750 bits per heavy atom. The smallest absolute Gasteiger partial charge is 0.449 e. The molecule has 3 aromatic rings. The topological polar surface area (TPSA) is 52.0 Å². The van der Waals surface area contributed by atoms with Gasteiger partial charge < -0.3 is 11.5 Å². The Morgan fingerprint density at radius 2 is 1.31 bits per heavy atom. The molecule has 36 heavy (non-hydrogen) atoms. The average Bonchev–Trinajstić information content (AvgIpc) is 2.84. The summed E-state index contributed by atoms with van der Waals surface area (Å²) >= 11 is 6.99. The van der Waals surface area contributed by atoms with Crippen LogP contribution in [0.1, 0.15) is 99.9 Å². The molecule has 0 saturated heterocycles. The average molecular weight is 623 g/mol. The standard InChI is InChI=1S/C32H42ClN2.Cs/c1-9-20-16-25(17-21(10-2)29(20)34)31(5,6)23-14-13-15-24(19-23)32(7,8)27-18-22(11-3)30(35)26(12-4)28(27)33;/h13-16,18-19H,9-12,34-35H2,1-8H3;/q-1;+1. The molecule has 0 spiro atoms. The monoisotopic (exact) mass is 622 g/mol. The van der Waals surface area contributed by atoms with E-state index in [1.165, 1.54) is 27.8 Å². The molecular formula is C32H42ClCsN2. The van der Waals surface area contributed by atoms with Crippen LogP contribution in [0, 0.1) is 6.07 Å². The van der Waals surface area contributed by atoms with Gasteiger partial charge in [-0.2, -0.15) is 17.7 Å². The van der Waals surface area contributed by atoms with E-state index in [2.05, 4.69) is 97.9 Å². The molecule has 0 saturated carbocycles. The fourth-order valence-electron chi connectivity index (χ4n) is 5.11. The number of hydrogen-bond acceptors (Lipinski definition) is 2. The Labute approximate surface area is 283 Å². The molecule has 3 aromatic carbocycles. The Morgan fingerprint density at radius 3 is 1.83 bits per heavy atom. The predicted octanol–water partition coefficient (Wildman–Crippen LogP) is 5.21. The van der Waals surface area contributed by atoms with Crippen LogP contribution >= 0.6 is 11.6 Å². The van der Waals surface area contributed by atoms with Crippen molar-refractivity contribution in [3.05, 3.63) is 92.0 Å². The van der Waals surface area contributed by atoms with Gasteiger partial charge >= 0.3 is 68.9 Å². The van der Waals surface area contributed by atoms with Gasteiger partial charge in [0, 0.05) is 16.1 Å². The summed E-state index contributed by atoms with van der Waals surface area (Å²) in [6.45, 7) is 17.7. The van der Waals surface area contributed by atoms with Gasteiger partial charge in [-0.05, 0) is 46.1 Å². The Bertz CT molecular complexity index is 1200. The van der Waals surface area contributed by atoms with Crippen molar-refractivity contribution >= 4 is 23.0 Å². The third-order valence-electron chi connectivity index (χ3n) is 7.89. The number of halogens is 1. The van der Waals surface area contributed by atoms with Crippen molar-refractivity contribution < 1.29 is 68.9 Å². The minimum absolute atomic E-state index is 0. The van der Waals surface area contributed by atoms with Crippen LogP contribution in [0.4, 0.5) is 11.4 Å². The van der Waals surface area contributed by atoms with E-state index in [1.54, 1.807) is 0 Å². The Balaban J connectivity index is 0.00000456. The van der Waals surface area contributed by atoms with Crippen LogP contribution in [0.15, 0.2) is 36.4 Å². The van der Waals surface area contributed by atoms with Gasteiger partial charge in [-0.1, -0.05) is 116 Å². The fourth-order valence-corrected chi connectivity index (χ4v) is 5.64. The van der Waals surface area contributed by atoms with Crippen molar-refractivity contribution in [2.24, 2.45) is 0 Å². The first-order chi connectivity index (χ1) is 16.4. The van der Waals surface area contributed by atoms with Gasteiger partial charge in [-0.25, -0.2) is 0 Å². The van der Waals surface area contributed by atoms with E-state index in [0.717, 1.165) is 58.8 Å². The van der Waals surface area contributed by atoms with Crippen molar-refractivity contribution in [2.45, 2.75) is 91.9 Å². The number of hydrogen-bond donors (Lipinski definition) is 2. The normalized spacial score (nSPS) is 11.9. The molecule has 0 heterocycles. The number of rotatable bonds is 8. The molecule has 0 aromatic heterocycles. The third-order valence-corrected chi connectivity index (χ3v) is 8.32. The first-order valence-electron chi connectivity index (χ1n) is 13.0. The molecule has 2 nitrogen and oxygen atoms in total. The summed E-state index contributed by atoms with van der Waals surface area (Å²) < 4.78 is 0. The molecule has 4 N–H and O–H groups in total. The van der Waals surface area contributed by atoms with Crippen LogP contribution in [-0.4, -0.2) is 0 Å². The zero-order valence-electron chi connectivity index (χ0n) is 23.8. The largest absolute Gasteiger partial charge is 1.00 e. The Kier molecular flexibility index (Phi) is 11.2. The molecule has 0 amide bonds. The SMILES string of the molecule is CCc1[c-]c(C(C)(C)c2cccc(C(C)(C)c3cc(CC)c(N)c(CC)c3Cl)c2)cc(CC)c1N.[Cs+]. The molecule has 0 atom stereocenters. The van der Waals surface area contributed by atoms with Crippen molar-refractivity contribution in [1.29, 1.82) is 0 Å². The second-order valence-corrected chi connectivity index (χ2v) is 11.0. The van der Waals surface area contributed by atoms with Gasteiger partial charge in [-0.3, -0.25) is 0 Å². The van der Waals surface area contributed by atoms with E-state index in [4.69, 9.17) is 23.1 Å². The van der Waals surface area contributed by atoms with Crippen LogP contribution in [0.2, 0.25) is 5.02 Å². The van der Waals surface area contributed by atoms with Crippen LogP contribution in [0.5, 0.6) is 0 Å². The molecule has 0 aliphatic heterocycles. The van der Waals surface area contributed by atoms with Crippen molar-refractivity contribution in [3.63, 3.8) is 0 Å². The number of aryl methyl sites for hydroxylation is 3. The van der Waals surface area contributed by atoms with Crippen LogP contribution in [0.3, 0.4) is 0 Å². The number of nitrogen functional groups attached to an aromatic ring is 2. The van der Waals surface area contributed by atoms with Crippen molar-refractivity contribution in [2.75, 3.05) is 11.5 Å². The van der Waals surface area contributed by atoms with Crippen molar-refractivity contribution in [3.8, 4) is 0 Å². The summed E-state index contributed by atoms with van der Waals surface area (Å²) in [5.74, 6) is 0. The first kappa shape index (κ1) is 31.8. The maximum absolute atomic E-state index is 6.99. The van der Waals surface area contributed by atoms with Gasteiger partial charge in [0.05, 0.1) is 0 Å². The Hall–Kier alpha value is -0.398. The number of anilines is 2. The van der Waals surface area contributed by atoms with E-state index >= 15 is 0 Å². The summed E-state index contributed by atoms with van der Waals surface area (Å²) in [4.78, 5) is 0. The molecule has 0 bridgehead atoms. The number of nitrogens with two attached hydrogens (primary N) is 2. The predicted molar refractivity (Wildman–Crippen MR) is 154 cm³/mol. The fraction of sp³-hybridized carbons (Fsp3) is 0.438. The molecule has 0 aliphatic carbocycles. The molecule has 0 aliphatic rings. The maximum atomic E-state index is 6.99. The van der Waals surface area contributed by atoms with Gasteiger partial charge in [0.25, 0.3) is 0 Å². The van der Waals surface area contributed by atoms with Gasteiger partial charge in [0.2, 0.25) is 0 Å². The number of benzene rings is 3. The minimum Gasteiger partial charge on any atom is -0.449 e. The molecule has 0 fully saturated rings. The molecule has 4 heteroatoms. The zero-order valence-corrected chi connectivity index (χ0v) is 30.9. The second kappa shape index (κ2) is 12.6. The van der Waals surface area contributed by atoms with Crippen LogP contribution in [-0.2, 0) is 36.5 Å². The second-order valence-electron chi connectivity index (χ2n) is 10.6. The van der Waals surface area contributed by atoms with Crippen molar-refractivity contribution in [1.82, 2.24) is 0 Å². The maximum Gasteiger partial charge on any atom is 1.00 e. The van der Waals surface area contributed by atoms with E-state index in [0.29, 0.717) is 0 Å². The van der Waals surface area contributed by atoms with Gasteiger partial charge in [0.15, 0.2) is 0 Å². The summed E-state index contributed by atoms with van der Waals surface area (Å²) in [6.07, 6.45) is 3.50. The van der Waals surface area contributed by atoms with E-state index in [1.807, 2.05) is 0 Å².